The summed E-state index contributed by atoms with van der Waals surface area (Å²) in [5.41, 5.74) is 5.44. The lowest BCUT2D eigenvalue weighted by molar-refractivity contribution is -0.119. The van der Waals surface area contributed by atoms with Crippen molar-refractivity contribution in [1.82, 2.24) is 20.3 Å². The second-order valence-electron chi connectivity index (χ2n) is 2.95. The number of hydrogen-bond donors (Lipinski definition) is 2. The summed E-state index contributed by atoms with van der Waals surface area (Å²) < 4.78 is 0. The second kappa shape index (κ2) is 5.45. The molecule has 3 N–H and O–H groups in total. The molecular weight excluding hydrogens is 232 g/mol. The molecule has 0 fully saturated rings. The lowest BCUT2D eigenvalue weighted by Gasteiger charge is -2.19. The van der Waals surface area contributed by atoms with Crippen LogP contribution in [0.15, 0.2) is 0 Å². The molecule has 0 bridgehead atoms. The minimum absolute atomic E-state index is 0.0119. The Kier molecular flexibility index (Phi) is 4.24. The van der Waals surface area contributed by atoms with Crippen molar-refractivity contribution in [3.63, 3.8) is 0 Å². The Balaban J connectivity index is 2.90. The molecule has 1 aromatic rings. The van der Waals surface area contributed by atoms with E-state index in [2.05, 4.69) is 20.3 Å². The van der Waals surface area contributed by atoms with Gasteiger partial charge in [-0.15, -0.1) is 0 Å². The van der Waals surface area contributed by atoms with Gasteiger partial charge in [-0.1, -0.05) is 0 Å². The van der Waals surface area contributed by atoms with E-state index in [0.29, 0.717) is 12.5 Å². The van der Waals surface area contributed by atoms with E-state index in [9.17, 15) is 4.79 Å². The van der Waals surface area contributed by atoms with E-state index in [-0.39, 0.29) is 23.7 Å². The Labute approximate surface area is 98.0 Å². The molecular formula is C8H13ClN6O. The van der Waals surface area contributed by atoms with Crippen LogP contribution in [0.4, 0.5) is 11.9 Å². The van der Waals surface area contributed by atoms with Crippen LogP contribution in [0.5, 0.6) is 0 Å². The van der Waals surface area contributed by atoms with Crippen LogP contribution in [0.1, 0.15) is 6.92 Å². The first-order valence-electron chi connectivity index (χ1n) is 4.69. The van der Waals surface area contributed by atoms with Crippen molar-refractivity contribution in [2.45, 2.75) is 6.92 Å². The Hall–Kier alpha value is -1.63. The molecule has 0 saturated carbocycles. The Morgan fingerprint density at radius 3 is 2.69 bits per heavy atom. The molecule has 8 heteroatoms. The molecule has 0 aliphatic rings. The number of nitrogen functional groups attached to an aromatic ring is 1. The maximum absolute atomic E-state index is 11.2. The van der Waals surface area contributed by atoms with Crippen molar-refractivity contribution >= 4 is 29.4 Å². The molecule has 0 aliphatic carbocycles. The normalized spacial score (nSPS) is 9.94. The maximum atomic E-state index is 11.2. The van der Waals surface area contributed by atoms with Gasteiger partial charge < -0.3 is 16.0 Å². The van der Waals surface area contributed by atoms with E-state index < -0.39 is 0 Å². The van der Waals surface area contributed by atoms with E-state index in [1.165, 1.54) is 0 Å². The summed E-state index contributed by atoms with van der Waals surface area (Å²) in [6.07, 6.45) is 0. The molecule has 16 heavy (non-hydrogen) atoms. The molecule has 0 spiro atoms. The van der Waals surface area contributed by atoms with Crippen LogP contribution in [0.3, 0.4) is 0 Å². The topological polar surface area (TPSA) is 97.0 Å². The van der Waals surface area contributed by atoms with Crippen molar-refractivity contribution in [3.05, 3.63) is 5.28 Å². The molecule has 0 radical (unpaired) electrons. The Morgan fingerprint density at radius 1 is 1.50 bits per heavy atom. The molecule has 0 unspecified atom stereocenters. The summed E-state index contributed by atoms with van der Waals surface area (Å²) in [7, 11) is 1.56. The number of carbonyl (C=O) groups excluding carboxylic acids is 1. The third-order valence-electron chi connectivity index (χ3n) is 1.89. The van der Waals surface area contributed by atoms with Crippen LogP contribution >= 0.6 is 11.6 Å². The first-order chi connectivity index (χ1) is 7.56. The summed E-state index contributed by atoms with van der Waals surface area (Å²) in [5, 5.41) is 2.52. The minimum atomic E-state index is -0.142. The van der Waals surface area contributed by atoms with E-state index in [1.807, 2.05) is 6.92 Å². The third kappa shape index (κ3) is 3.20. The molecule has 0 saturated heterocycles. The van der Waals surface area contributed by atoms with Gasteiger partial charge in [0.25, 0.3) is 0 Å². The molecule has 7 nitrogen and oxygen atoms in total. The van der Waals surface area contributed by atoms with Gasteiger partial charge in [0.05, 0.1) is 6.54 Å². The van der Waals surface area contributed by atoms with Gasteiger partial charge in [-0.2, -0.15) is 15.0 Å². The number of nitrogens with zero attached hydrogens (tertiary/aromatic N) is 4. The number of halogens is 1. The molecule has 1 heterocycles. The fraction of sp³-hybridized carbons (Fsp3) is 0.500. The van der Waals surface area contributed by atoms with Gasteiger partial charge in [-0.05, 0) is 18.5 Å². The minimum Gasteiger partial charge on any atom is -0.368 e. The molecule has 0 aromatic carbocycles. The molecule has 1 amide bonds. The van der Waals surface area contributed by atoms with Gasteiger partial charge in [0.2, 0.25) is 23.1 Å². The van der Waals surface area contributed by atoms with Gasteiger partial charge in [0.15, 0.2) is 0 Å². The van der Waals surface area contributed by atoms with Crippen molar-refractivity contribution in [1.29, 1.82) is 0 Å². The second-order valence-corrected chi connectivity index (χ2v) is 3.29. The highest BCUT2D eigenvalue weighted by Gasteiger charge is 2.13. The predicted molar refractivity (Wildman–Crippen MR) is 61.2 cm³/mol. The van der Waals surface area contributed by atoms with Crippen molar-refractivity contribution in [2.75, 3.05) is 30.8 Å². The SMILES string of the molecule is CCN(CC(=O)NC)c1nc(N)nc(Cl)n1. The number of hydrogen-bond acceptors (Lipinski definition) is 6. The number of aromatic nitrogens is 3. The fourth-order valence-electron chi connectivity index (χ4n) is 1.07. The summed E-state index contributed by atoms with van der Waals surface area (Å²) in [6, 6.07) is 0. The molecule has 0 aliphatic heterocycles. The number of nitrogens with two attached hydrogens (primary N) is 1. The molecule has 88 valence electrons. The molecule has 0 atom stereocenters. The van der Waals surface area contributed by atoms with Crippen LogP contribution in [0, 0.1) is 0 Å². The van der Waals surface area contributed by atoms with Gasteiger partial charge in [0.1, 0.15) is 0 Å². The van der Waals surface area contributed by atoms with Gasteiger partial charge in [-0.25, -0.2) is 0 Å². The average molecular weight is 245 g/mol. The van der Waals surface area contributed by atoms with Gasteiger partial charge >= 0.3 is 0 Å². The van der Waals surface area contributed by atoms with Gasteiger partial charge in [-0.3, -0.25) is 4.79 Å². The highest BCUT2D eigenvalue weighted by atomic mass is 35.5. The van der Waals surface area contributed by atoms with Crippen molar-refractivity contribution in [3.8, 4) is 0 Å². The maximum Gasteiger partial charge on any atom is 0.239 e. The summed E-state index contributed by atoms with van der Waals surface area (Å²) in [6.45, 7) is 2.58. The summed E-state index contributed by atoms with van der Waals surface area (Å²) in [4.78, 5) is 24.3. The molecule has 1 aromatic heterocycles. The summed E-state index contributed by atoms with van der Waals surface area (Å²) >= 11 is 5.65. The monoisotopic (exact) mass is 244 g/mol. The smallest absolute Gasteiger partial charge is 0.239 e. The Bertz CT molecular complexity index is 365. The average Bonchev–Trinajstić information content (AvgIpc) is 2.24. The standard InChI is InChI=1S/C8H13ClN6O/c1-3-15(4-5(16)11-2)8-13-6(9)12-7(10)14-8/h3-4H2,1-2H3,(H,11,16)(H2,10,12,13,14). The lowest BCUT2D eigenvalue weighted by atomic mass is 10.5. The zero-order chi connectivity index (χ0) is 12.1. The lowest BCUT2D eigenvalue weighted by Crippen LogP contribution is -2.36. The van der Waals surface area contributed by atoms with Crippen LogP contribution in [0.2, 0.25) is 5.28 Å². The first kappa shape index (κ1) is 12.4. The third-order valence-corrected chi connectivity index (χ3v) is 2.06. The van der Waals surface area contributed by atoms with Crippen LogP contribution in [0.25, 0.3) is 0 Å². The van der Waals surface area contributed by atoms with E-state index in [1.54, 1.807) is 11.9 Å². The number of likely N-dealkylation sites (N-methyl/N-ethyl adjacent to an activating group) is 2. The van der Waals surface area contributed by atoms with E-state index in [0.717, 1.165) is 0 Å². The van der Waals surface area contributed by atoms with Crippen molar-refractivity contribution in [2.24, 2.45) is 0 Å². The number of anilines is 2. The van der Waals surface area contributed by atoms with E-state index >= 15 is 0 Å². The quantitative estimate of drug-likeness (QED) is 0.754. The zero-order valence-corrected chi connectivity index (χ0v) is 9.82. The number of amides is 1. The highest BCUT2D eigenvalue weighted by Crippen LogP contribution is 2.11. The fourth-order valence-corrected chi connectivity index (χ4v) is 1.23. The zero-order valence-electron chi connectivity index (χ0n) is 9.07. The highest BCUT2D eigenvalue weighted by molar-refractivity contribution is 6.28. The molecule has 1 rings (SSSR count). The van der Waals surface area contributed by atoms with Crippen LogP contribution in [-0.2, 0) is 4.79 Å². The van der Waals surface area contributed by atoms with Crippen molar-refractivity contribution < 1.29 is 4.79 Å². The largest absolute Gasteiger partial charge is 0.368 e. The number of rotatable bonds is 4. The Morgan fingerprint density at radius 2 is 2.19 bits per heavy atom. The van der Waals surface area contributed by atoms with E-state index in [4.69, 9.17) is 17.3 Å². The number of carbonyl (C=O) groups is 1. The first-order valence-corrected chi connectivity index (χ1v) is 5.07. The van der Waals surface area contributed by atoms with Crippen LogP contribution < -0.4 is 16.0 Å². The summed E-state index contributed by atoms with van der Waals surface area (Å²) in [5.74, 6) is 0.186. The van der Waals surface area contributed by atoms with Gasteiger partial charge in [0, 0.05) is 13.6 Å². The number of nitrogens with one attached hydrogen (secondary N) is 1. The predicted octanol–water partition coefficient (Wildman–Crippen LogP) is -0.321. The van der Waals surface area contributed by atoms with Crippen LogP contribution in [-0.4, -0.2) is 41.0 Å².